The van der Waals surface area contributed by atoms with Gasteiger partial charge in [-0.1, -0.05) is 30.0 Å². The maximum atomic E-state index is 12.3. The van der Waals surface area contributed by atoms with Crippen LogP contribution in [0.25, 0.3) is 10.9 Å². The lowest BCUT2D eigenvalue weighted by molar-refractivity contribution is -0.118. The van der Waals surface area contributed by atoms with Crippen LogP contribution in [0.5, 0.6) is 5.75 Å². The summed E-state index contributed by atoms with van der Waals surface area (Å²) < 4.78 is 30.2. The van der Waals surface area contributed by atoms with Gasteiger partial charge in [0.1, 0.15) is 11.3 Å². The van der Waals surface area contributed by atoms with Crippen LogP contribution in [0, 0.1) is 6.92 Å². The number of aromatic nitrogens is 1. The molecule has 2 aromatic carbocycles. The zero-order valence-electron chi connectivity index (χ0n) is 13.9. The molecule has 0 unspecified atom stereocenters. The van der Waals surface area contributed by atoms with Gasteiger partial charge in [-0.15, -0.1) is 0 Å². The van der Waals surface area contributed by atoms with Crippen LogP contribution in [0.1, 0.15) is 5.69 Å². The Morgan fingerprint density at radius 3 is 2.65 bits per heavy atom. The molecule has 0 fully saturated rings. The van der Waals surface area contributed by atoms with Crippen molar-refractivity contribution in [3.05, 3.63) is 60.3 Å². The summed E-state index contributed by atoms with van der Waals surface area (Å²) in [7, 11) is 0. The first-order chi connectivity index (χ1) is 12.5. The van der Waals surface area contributed by atoms with Gasteiger partial charge in [-0.05, 0) is 43.3 Å². The van der Waals surface area contributed by atoms with Crippen LogP contribution in [-0.2, 0) is 4.79 Å². The van der Waals surface area contributed by atoms with Crippen LogP contribution in [0.4, 0.5) is 14.5 Å². The number of alkyl halides is 2. The van der Waals surface area contributed by atoms with E-state index in [0.717, 1.165) is 11.1 Å². The molecule has 1 aromatic heterocycles. The summed E-state index contributed by atoms with van der Waals surface area (Å²) in [4.78, 5) is 17.0. The number of hydrogen-bond acceptors (Lipinski definition) is 4. The monoisotopic (exact) mass is 374 g/mol. The topological polar surface area (TPSA) is 51.2 Å². The highest BCUT2D eigenvalue weighted by Gasteiger charge is 2.09. The minimum Gasteiger partial charge on any atom is -0.481 e. The summed E-state index contributed by atoms with van der Waals surface area (Å²) in [6.45, 7) is 1.71. The average molecular weight is 374 g/mol. The lowest BCUT2D eigenvalue weighted by atomic mass is 10.2. The summed E-state index contributed by atoms with van der Waals surface area (Å²) in [6.07, 6.45) is 0. The van der Waals surface area contributed by atoms with Gasteiger partial charge >= 0.3 is 0 Å². The number of fused-ring (bicyclic) bond motifs is 1. The Hall–Kier alpha value is -2.67. The van der Waals surface area contributed by atoms with Crippen molar-refractivity contribution in [2.24, 2.45) is 0 Å². The van der Waals surface area contributed by atoms with Gasteiger partial charge in [-0.3, -0.25) is 4.79 Å². The van der Waals surface area contributed by atoms with Gasteiger partial charge in [0.2, 0.25) is 0 Å². The third-order valence-corrected chi connectivity index (χ3v) is 4.27. The highest BCUT2D eigenvalue weighted by Crippen LogP contribution is 2.26. The fraction of sp³-hybridized carbons (Fsp3) is 0.158. The minimum atomic E-state index is -2.47. The quantitative estimate of drug-likeness (QED) is 0.625. The molecule has 0 spiro atoms. The van der Waals surface area contributed by atoms with Gasteiger partial charge in [0.05, 0.1) is 0 Å². The van der Waals surface area contributed by atoms with Crippen molar-refractivity contribution >= 4 is 34.3 Å². The highest BCUT2D eigenvalue weighted by atomic mass is 32.2. The lowest BCUT2D eigenvalue weighted by Crippen LogP contribution is -2.20. The summed E-state index contributed by atoms with van der Waals surface area (Å²) in [5.41, 5.74) is 2.08. The number of rotatable bonds is 6. The third-order valence-electron chi connectivity index (χ3n) is 3.54. The van der Waals surface area contributed by atoms with E-state index in [9.17, 15) is 13.6 Å². The predicted molar refractivity (Wildman–Crippen MR) is 98.9 cm³/mol. The van der Waals surface area contributed by atoms with E-state index in [1.54, 1.807) is 18.2 Å². The first kappa shape index (κ1) is 18.1. The molecule has 0 bridgehead atoms. The number of aryl methyl sites for hydroxylation is 1. The fourth-order valence-electron chi connectivity index (χ4n) is 2.39. The number of thioether (sulfide) groups is 1. The molecular weight excluding hydrogens is 358 g/mol. The van der Waals surface area contributed by atoms with E-state index in [4.69, 9.17) is 4.74 Å². The van der Waals surface area contributed by atoms with E-state index in [1.165, 1.54) is 12.1 Å². The SMILES string of the molecule is Cc1ccc2cccc(OCC(=O)Nc3ccc(SC(F)F)cc3)c2n1. The van der Waals surface area contributed by atoms with Gasteiger partial charge in [-0.25, -0.2) is 4.98 Å². The molecule has 4 nitrogen and oxygen atoms in total. The van der Waals surface area contributed by atoms with E-state index in [1.807, 2.05) is 31.2 Å². The zero-order chi connectivity index (χ0) is 18.5. The normalized spacial score (nSPS) is 10.9. The average Bonchev–Trinajstić information content (AvgIpc) is 2.61. The Labute approximate surface area is 153 Å². The van der Waals surface area contributed by atoms with Crippen molar-refractivity contribution < 1.29 is 18.3 Å². The Balaban J connectivity index is 1.62. The van der Waals surface area contributed by atoms with Gasteiger partial charge in [0.15, 0.2) is 6.61 Å². The molecule has 1 heterocycles. The number of hydrogen-bond donors (Lipinski definition) is 1. The smallest absolute Gasteiger partial charge is 0.288 e. The summed E-state index contributed by atoms with van der Waals surface area (Å²) >= 11 is 0.458. The van der Waals surface area contributed by atoms with Crippen molar-refractivity contribution in [3.63, 3.8) is 0 Å². The number of anilines is 1. The van der Waals surface area contributed by atoms with Crippen LogP contribution in [0.3, 0.4) is 0 Å². The van der Waals surface area contributed by atoms with Crippen LogP contribution in [0.2, 0.25) is 0 Å². The zero-order valence-corrected chi connectivity index (χ0v) is 14.7. The largest absolute Gasteiger partial charge is 0.481 e. The summed E-state index contributed by atoms with van der Waals surface area (Å²) in [6, 6.07) is 15.6. The maximum absolute atomic E-state index is 12.3. The molecule has 0 atom stereocenters. The number of pyridine rings is 1. The second kappa shape index (κ2) is 8.14. The molecule has 0 saturated carbocycles. The number of benzene rings is 2. The molecule has 0 aliphatic heterocycles. The second-order valence-electron chi connectivity index (χ2n) is 5.52. The molecule has 134 valence electrons. The molecule has 3 rings (SSSR count). The molecule has 0 aliphatic carbocycles. The minimum absolute atomic E-state index is 0.178. The van der Waals surface area contributed by atoms with E-state index in [0.29, 0.717) is 33.6 Å². The van der Waals surface area contributed by atoms with Gasteiger partial charge in [0, 0.05) is 21.7 Å². The third kappa shape index (κ3) is 4.70. The number of nitrogens with one attached hydrogen (secondary N) is 1. The number of nitrogens with zero attached hydrogens (tertiary/aromatic N) is 1. The Morgan fingerprint density at radius 2 is 1.92 bits per heavy atom. The van der Waals surface area contributed by atoms with Crippen molar-refractivity contribution in [1.82, 2.24) is 4.98 Å². The van der Waals surface area contributed by atoms with Crippen molar-refractivity contribution in [2.45, 2.75) is 17.6 Å². The predicted octanol–water partition coefficient (Wildman–Crippen LogP) is 4.88. The molecule has 3 aromatic rings. The van der Waals surface area contributed by atoms with Crippen LogP contribution < -0.4 is 10.1 Å². The van der Waals surface area contributed by atoms with E-state index in [2.05, 4.69) is 10.3 Å². The number of amides is 1. The fourth-order valence-corrected chi connectivity index (χ4v) is 2.89. The molecular formula is C19H16F2N2O2S. The molecule has 7 heteroatoms. The van der Waals surface area contributed by atoms with Crippen molar-refractivity contribution in [3.8, 4) is 5.75 Å². The summed E-state index contributed by atoms with van der Waals surface area (Å²) in [5, 5.41) is 3.60. The van der Waals surface area contributed by atoms with Crippen molar-refractivity contribution in [1.29, 1.82) is 0 Å². The number of carbonyl (C=O) groups is 1. The van der Waals surface area contributed by atoms with Gasteiger partial charge in [0.25, 0.3) is 11.7 Å². The van der Waals surface area contributed by atoms with Crippen LogP contribution in [-0.4, -0.2) is 23.3 Å². The van der Waals surface area contributed by atoms with Gasteiger partial charge in [-0.2, -0.15) is 8.78 Å². The Morgan fingerprint density at radius 1 is 1.15 bits per heavy atom. The Bertz CT molecular complexity index is 917. The molecule has 0 aliphatic rings. The second-order valence-corrected chi connectivity index (χ2v) is 6.58. The van der Waals surface area contributed by atoms with Crippen LogP contribution >= 0.6 is 11.8 Å². The Kier molecular flexibility index (Phi) is 5.68. The first-order valence-corrected chi connectivity index (χ1v) is 8.73. The summed E-state index contributed by atoms with van der Waals surface area (Å²) in [5.74, 6) is -2.28. The van der Waals surface area contributed by atoms with Crippen LogP contribution in [0.15, 0.2) is 59.5 Å². The van der Waals surface area contributed by atoms with E-state index in [-0.39, 0.29) is 12.5 Å². The standard InChI is InChI=1S/C19H16F2N2O2S/c1-12-5-6-13-3-2-4-16(18(13)22-12)25-11-17(24)23-14-7-9-15(10-8-14)26-19(20)21/h2-10,19H,11H2,1H3,(H,23,24). The maximum Gasteiger partial charge on any atom is 0.288 e. The number of carbonyl (C=O) groups excluding carboxylic acids is 1. The van der Waals surface area contributed by atoms with E-state index < -0.39 is 5.76 Å². The lowest BCUT2D eigenvalue weighted by Gasteiger charge is -2.10. The molecule has 0 radical (unpaired) electrons. The first-order valence-electron chi connectivity index (χ1n) is 7.85. The molecule has 26 heavy (non-hydrogen) atoms. The van der Waals surface area contributed by atoms with Gasteiger partial charge < -0.3 is 10.1 Å². The molecule has 0 saturated heterocycles. The highest BCUT2D eigenvalue weighted by molar-refractivity contribution is 7.99. The molecule has 1 amide bonds. The number of halogens is 2. The van der Waals surface area contributed by atoms with Crippen molar-refractivity contribution in [2.75, 3.05) is 11.9 Å². The van der Waals surface area contributed by atoms with E-state index >= 15 is 0 Å². The number of ether oxygens (including phenoxy) is 1. The molecule has 1 N–H and O–H groups in total. The number of para-hydroxylation sites is 1.